The zero-order chi connectivity index (χ0) is 16.7. The molecule has 0 unspecified atom stereocenters. The first-order valence-electron chi connectivity index (χ1n) is 7.23. The number of benzene rings is 2. The number of hydrogen-bond acceptors (Lipinski definition) is 3. The molecule has 0 amide bonds. The lowest BCUT2D eigenvalue weighted by Gasteiger charge is -2.01. The number of H-pyrrole nitrogens is 1. The lowest BCUT2D eigenvalue weighted by Crippen LogP contribution is -1.81. The van der Waals surface area contributed by atoms with Crippen molar-refractivity contribution in [3.05, 3.63) is 58.6 Å². The highest BCUT2D eigenvalue weighted by Crippen LogP contribution is 2.34. The molecule has 4 aromatic rings. The van der Waals surface area contributed by atoms with Crippen LogP contribution in [0, 0.1) is 0 Å². The molecule has 2 heterocycles. The van der Waals surface area contributed by atoms with E-state index in [1.54, 1.807) is 25.3 Å². The Kier molecular flexibility index (Phi) is 3.71. The Bertz CT molecular complexity index is 1040. The number of fused-ring (bicyclic) bond motifs is 1. The average molecular weight is 359 g/mol. The van der Waals surface area contributed by atoms with Crippen LogP contribution in [0.1, 0.15) is 0 Å². The smallest absolute Gasteiger partial charge is 0.174 e. The first-order valence-corrected chi connectivity index (χ1v) is 7.99. The lowest BCUT2D eigenvalue weighted by atomic mass is 10.2. The fraction of sp³-hybridized carbons (Fsp3) is 0.0556. The molecule has 4 rings (SSSR count). The number of hydrogen-bond donors (Lipinski definition) is 1. The predicted octanol–water partition coefficient (Wildman–Crippen LogP) is 5.81. The van der Waals surface area contributed by atoms with E-state index in [0.717, 1.165) is 22.3 Å². The van der Waals surface area contributed by atoms with Gasteiger partial charge in [0.05, 0.1) is 23.2 Å². The van der Waals surface area contributed by atoms with Crippen LogP contribution >= 0.6 is 23.2 Å². The summed E-state index contributed by atoms with van der Waals surface area (Å²) in [4.78, 5) is 7.77. The van der Waals surface area contributed by atoms with Crippen LogP contribution in [0.3, 0.4) is 0 Å². The quantitative estimate of drug-likeness (QED) is 0.503. The van der Waals surface area contributed by atoms with Gasteiger partial charge in [0.1, 0.15) is 11.5 Å². The van der Waals surface area contributed by atoms with Gasteiger partial charge in [0.25, 0.3) is 0 Å². The van der Waals surface area contributed by atoms with Crippen LogP contribution < -0.4 is 4.74 Å². The molecule has 0 saturated carbocycles. The molecule has 0 saturated heterocycles. The molecule has 0 aliphatic carbocycles. The molecule has 0 radical (unpaired) electrons. The van der Waals surface area contributed by atoms with Crippen molar-refractivity contribution in [1.29, 1.82) is 0 Å². The number of methoxy groups -OCH3 is 1. The van der Waals surface area contributed by atoms with Crippen molar-refractivity contribution in [3.8, 4) is 28.7 Å². The van der Waals surface area contributed by atoms with Crippen LogP contribution in [0.5, 0.6) is 5.75 Å². The van der Waals surface area contributed by atoms with Gasteiger partial charge in [-0.05, 0) is 42.5 Å². The molecule has 0 fully saturated rings. The summed E-state index contributed by atoms with van der Waals surface area (Å²) < 4.78 is 11.1. The summed E-state index contributed by atoms with van der Waals surface area (Å²) in [6.45, 7) is 0. The molecule has 0 atom stereocenters. The van der Waals surface area contributed by atoms with Gasteiger partial charge < -0.3 is 14.1 Å². The maximum atomic E-state index is 6.23. The highest BCUT2D eigenvalue weighted by Gasteiger charge is 2.13. The van der Waals surface area contributed by atoms with Crippen molar-refractivity contribution >= 4 is 34.2 Å². The first-order chi connectivity index (χ1) is 11.6. The number of aromatic nitrogens is 2. The van der Waals surface area contributed by atoms with E-state index in [0.29, 0.717) is 27.4 Å². The average Bonchev–Trinajstić information content (AvgIpc) is 3.22. The largest absolute Gasteiger partial charge is 0.497 e. The Labute approximate surface area is 148 Å². The molecular formula is C18H12Cl2N2O2. The van der Waals surface area contributed by atoms with E-state index in [2.05, 4.69) is 9.97 Å². The molecule has 24 heavy (non-hydrogen) atoms. The third-order valence-electron chi connectivity index (χ3n) is 3.72. The van der Waals surface area contributed by atoms with E-state index in [1.807, 2.05) is 30.3 Å². The maximum Gasteiger partial charge on any atom is 0.174 e. The van der Waals surface area contributed by atoms with E-state index in [-0.39, 0.29) is 0 Å². The second-order valence-electron chi connectivity index (χ2n) is 5.26. The minimum Gasteiger partial charge on any atom is -0.497 e. The lowest BCUT2D eigenvalue weighted by molar-refractivity contribution is 0.415. The number of halogens is 2. The highest BCUT2D eigenvalue weighted by molar-refractivity contribution is 6.35. The maximum absolute atomic E-state index is 6.23. The van der Waals surface area contributed by atoms with Crippen molar-refractivity contribution in [1.82, 2.24) is 9.97 Å². The summed E-state index contributed by atoms with van der Waals surface area (Å²) in [5.74, 6) is 2.66. The van der Waals surface area contributed by atoms with Crippen LogP contribution in [0.25, 0.3) is 33.9 Å². The highest BCUT2D eigenvalue weighted by atomic mass is 35.5. The molecular weight excluding hydrogens is 347 g/mol. The van der Waals surface area contributed by atoms with E-state index < -0.39 is 0 Å². The third kappa shape index (κ3) is 2.64. The van der Waals surface area contributed by atoms with E-state index in [1.165, 1.54) is 0 Å². The Morgan fingerprint density at radius 2 is 1.83 bits per heavy atom. The summed E-state index contributed by atoms with van der Waals surface area (Å²) in [7, 11) is 1.63. The van der Waals surface area contributed by atoms with Gasteiger partial charge in [-0.3, -0.25) is 0 Å². The minimum absolute atomic E-state index is 0.578. The second kappa shape index (κ2) is 5.89. The number of imidazole rings is 1. The normalized spacial score (nSPS) is 11.1. The predicted molar refractivity (Wildman–Crippen MR) is 95.8 cm³/mol. The molecule has 6 heteroatoms. The van der Waals surface area contributed by atoms with Gasteiger partial charge in [-0.1, -0.05) is 23.2 Å². The summed E-state index contributed by atoms with van der Waals surface area (Å²) in [5.41, 5.74) is 2.46. The molecule has 4 nitrogen and oxygen atoms in total. The van der Waals surface area contributed by atoms with Gasteiger partial charge in [0.15, 0.2) is 11.6 Å². The molecule has 2 aromatic carbocycles. The Hall–Kier alpha value is -2.43. The number of rotatable bonds is 3. The number of nitrogens with one attached hydrogen (secondary N) is 1. The van der Waals surface area contributed by atoms with Gasteiger partial charge in [-0.15, -0.1) is 0 Å². The fourth-order valence-corrected chi connectivity index (χ4v) is 2.91. The van der Waals surface area contributed by atoms with Crippen molar-refractivity contribution < 1.29 is 9.15 Å². The zero-order valence-corrected chi connectivity index (χ0v) is 14.2. The standard InChI is InChI=1S/C18H12Cl2N2O2/c1-23-11-3-5-14-15(9-11)22-18(21-14)17-7-6-16(24-17)12-8-10(19)2-4-13(12)20/h2-9H,1H3,(H,21,22). The zero-order valence-electron chi connectivity index (χ0n) is 12.6. The van der Waals surface area contributed by atoms with Crippen LogP contribution in [-0.4, -0.2) is 17.1 Å². The van der Waals surface area contributed by atoms with Crippen LogP contribution in [0.2, 0.25) is 10.0 Å². The molecule has 120 valence electrons. The topological polar surface area (TPSA) is 51.1 Å². The summed E-state index contributed by atoms with van der Waals surface area (Å²) in [6, 6.07) is 14.6. The molecule has 0 bridgehead atoms. The Morgan fingerprint density at radius 1 is 1.00 bits per heavy atom. The SMILES string of the molecule is COc1ccc2nc(-c3ccc(-c4cc(Cl)ccc4Cl)o3)[nH]c2c1. The molecule has 0 aliphatic rings. The van der Waals surface area contributed by atoms with Crippen LogP contribution in [0.15, 0.2) is 52.9 Å². The third-order valence-corrected chi connectivity index (χ3v) is 4.29. The van der Waals surface area contributed by atoms with E-state index in [9.17, 15) is 0 Å². The number of aromatic amines is 1. The molecule has 0 aliphatic heterocycles. The molecule has 0 spiro atoms. The first kappa shape index (κ1) is 15.1. The van der Waals surface area contributed by atoms with Crippen molar-refractivity contribution in [3.63, 3.8) is 0 Å². The van der Waals surface area contributed by atoms with Crippen LogP contribution in [0.4, 0.5) is 0 Å². The van der Waals surface area contributed by atoms with Gasteiger partial charge in [-0.2, -0.15) is 0 Å². The van der Waals surface area contributed by atoms with Gasteiger partial charge >= 0.3 is 0 Å². The number of ether oxygens (including phenoxy) is 1. The van der Waals surface area contributed by atoms with Crippen molar-refractivity contribution in [2.24, 2.45) is 0 Å². The number of nitrogens with zero attached hydrogens (tertiary/aromatic N) is 1. The summed E-state index contributed by atoms with van der Waals surface area (Å²) in [6.07, 6.45) is 0. The van der Waals surface area contributed by atoms with Gasteiger partial charge in [0, 0.05) is 16.7 Å². The van der Waals surface area contributed by atoms with Crippen molar-refractivity contribution in [2.75, 3.05) is 7.11 Å². The molecule has 2 aromatic heterocycles. The fourth-order valence-electron chi connectivity index (χ4n) is 2.53. The molecule has 1 N–H and O–H groups in total. The second-order valence-corrected chi connectivity index (χ2v) is 6.10. The van der Waals surface area contributed by atoms with Crippen LogP contribution in [-0.2, 0) is 0 Å². The minimum atomic E-state index is 0.578. The monoisotopic (exact) mass is 358 g/mol. The van der Waals surface area contributed by atoms with Gasteiger partial charge in [0.2, 0.25) is 0 Å². The van der Waals surface area contributed by atoms with Crippen molar-refractivity contribution in [2.45, 2.75) is 0 Å². The van der Waals surface area contributed by atoms with E-state index in [4.69, 9.17) is 32.4 Å². The Morgan fingerprint density at radius 3 is 2.67 bits per heavy atom. The number of furan rings is 1. The summed E-state index contributed by atoms with van der Waals surface area (Å²) in [5, 5.41) is 1.18. The summed E-state index contributed by atoms with van der Waals surface area (Å²) >= 11 is 12.3. The van der Waals surface area contributed by atoms with Gasteiger partial charge in [-0.25, -0.2) is 4.98 Å². The van der Waals surface area contributed by atoms with E-state index >= 15 is 0 Å². The Balaban J connectivity index is 1.76.